The molecule has 3 rings (SSSR count). The smallest absolute Gasteiger partial charge is 0.273 e. The summed E-state index contributed by atoms with van der Waals surface area (Å²) in [6, 6.07) is 17.5. The van der Waals surface area contributed by atoms with Crippen molar-refractivity contribution < 1.29 is 9.53 Å². The summed E-state index contributed by atoms with van der Waals surface area (Å²) >= 11 is 1.07. The number of nitrogens with zero attached hydrogens (tertiary/aromatic N) is 3. The van der Waals surface area contributed by atoms with Crippen molar-refractivity contribution in [2.45, 2.75) is 6.92 Å². The van der Waals surface area contributed by atoms with E-state index in [9.17, 15) is 20.1 Å². The summed E-state index contributed by atoms with van der Waals surface area (Å²) < 4.78 is 7.13. The standard InChI is InChI=1S/C22H16N4O3S/c1-14(27)25-17-5-3-15(4-6-17)11-20-21(28)26(22(30-20)16(12-23)13-24)18-7-9-19(29-2)10-8-18/h3-11H,1-2H3,(H,25,27)/b20-11+. The topological polar surface area (TPSA) is 108 Å². The molecule has 148 valence electrons. The Hall–Kier alpha value is -4.14. The molecule has 0 aliphatic heterocycles. The van der Waals surface area contributed by atoms with E-state index >= 15 is 0 Å². The summed E-state index contributed by atoms with van der Waals surface area (Å²) in [6.07, 6.45) is 1.68. The number of nitrogens with one attached hydrogen (secondary N) is 1. The molecule has 0 fully saturated rings. The minimum atomic E-state index is -0.339. The van der Waals surface area contributed by atoms with Crippen LogP contribution in [0.15, 0.2) is 53.3 Å². The van der Waals surface area contributed by atoms with Crippen LogP contribution in [0.5, 0.6) is 5.75 Å². The molecule has 0 aliphatic carbocycles. The number of thiazole rings is 1. The Balaban J connectivity index is 2.20. The second-order valence-corrected chi connectivity index (χ2v) is 7.19. The van der Waals surface area contributed by atoms with Gasteiger partial charge in [-0.15, -0.1) is 11.3 Å². The van der Waals surface area contributed by atoms with E-state index in [1.807, 2.05) is 12.1 Å². The quantitative estimate of drug-likeness (QED) is 0.699. The third kappa shape index (κ3) is 4.30. The van der Waals surface area contributed by atoms with Crippen molar-refractivity contribution in [2.75, 3.05) is 12.4 Å². The lowest BCUT2D eigenvalue weighted by Gasteiger charge is -2.04. The van der Waals surface area contributed by atoms with Crippen LogP contribution in [0.4, 0.5) is 5.69 Å². The number of amides is 1. The largest absolute Gasteiger partial charge is 0.497 e. The average molecular weight is 416 g/mol. The molecule has 0 aliphatic rings. The molecule has 1 amide bonds. The molecule has 0 saturated carbocycles. The van der Waals surface area contributed by atoms with Gasteiger partial charge in [0.25, 0.3) is 5.56 Å². The predicted molar refractivity (Wildman–Crippen MR) is 115 cm³/mol. The van der Waals surface area contributed by atoms with Gasteiger partial charge in [0.1, 0.15) is 22.6 Å². The minimum absolute atomic E-state index is 0.145. The first-order valence-corrected chi connectivity index (χ1v) is 9.58. The number of anilines is 1. The second-order valence-electron chi connectivity index (χ2n) is 6.16. The van der Waals surface area contributed by atoms with E-state index in [1.54, 1.807) is 61.7 Å². The van der Waals surface area contributed by atoms with Crippen molar-refractivity contribution in [3.63, 3.8) is 0 Å². The average Bonchev–Trinajstić information content (AvgIpc) is 3.06. The van der Waals surface area contributed by atoms with Gasteiger partial charge in [0.2, 0.25) is 5.91 Å². The van der Waals surface area contributed by atoms with Gasteiger partial charge in [-0.2, -0.15) is 10.5 Å². The molecule has 0 unspecified atom stereocenters. The fraction of sp³-hybridized carbons (Fsp3) is 0.0909. The van der Waals surface area contributed by atoms with E-state index in [0.29, 0.717) is 21.7 Å². The predicted octanol–water partition coefficient (Wildman–Crippen LogP) is 1.89. The number of aromatic nitrogens is 1. The summed E-state index contributed by atoms with van der Waals surface area (Å²) in [7, 11) is 1.54. The number of methoxy groups -OCH3 is 1. The zero-order valence-corrected chi connectivity index (χ0v) is 17.0. The first-order chi connectivity index (χ1) is 14.5. The first kappa shape index (κ1) is 20.6. The molecule has 1 aromatic heterocycles. The van der Waals surface area contributed by atoms with Crippen molar-refractivity contribution in [3.05, 3.63) is 73.6 Å². The van der Waals surface area contributed by atoms with Crippen molar-refractivity contribution in [1.82, 2.24) is 4.57 Å². The fourth-order valence-electron chi connectivity index (χ4n) is 2.75. The number of benzene rings is 2. The highest BCUT2D eigenvalue weighted by molar-refractivity contribution is 7.07. The molecular weight excluding hydrogens is 400 g/mol. The normalized spacial score (nSPS) is 10.7. The summed E-state index contributed by atoms with van der Waals surface area (Å²) in [6.45, 7) is 1.42. The number of hydrogen-bond acceptors (Lipinski definition) is 6. The van der Waals surface area contributed by atoms with Crippen molar-refractivity contribution >= 4 is 34.6 Å². The Kier molecular flexibility index (Phi) is 6.11. The second kappa shape index (κ2) is 8.91. The first-order valence-electron chi connectivity index (χ1n) is 8.77. The molecule has 2 aromatic carbocycles. The van der Waals surface area contributed by atoms with E-state index in [0.717, 1.165) is 16.9 Å². The monoisotopic (exact) mass is 416 g/mol. The lowest BCUT2D eigenvalue weighted by Crippen LogP contribution is -2.30. The molecule has 0 radical (unpaired) electrons. The lowest BCUT2D eigenvalue weighted by atomic mass is 10.2. The van der Waals surface area contributed by atoms with Crippen molar-refractivity contribution in [3.8, 4) is 23.6 Å². The molecule has 1 heterocycles. The number of carbonyl (C=O) groups excluding carboxylic acids is 1. The van der Waals surface area contributed by atoms with Crippen LogP contribution in [-0.2, 0) is 4.79 Å². The summed E-state index contributed by atoms with van der Waals surface area (Å²) in [5, 5.41) is 21.4. The molecular formula is C22H16N4O3S. The van der Waals surface area contributed by atoms with Crippen molar-refractivity contribution in [2.24, 2.45) is 0 Å². The Labute approximate surface area is 176 Å². The zero-order valence-electron chi connectivity index (χ0n) is 16.2. The number of rotatable bonds is 4. The van der Waals surface area contributed by atoms with Gasteiger partial charge < -0.3 is 10.1 Å². The van der Waals surface area contributed by atoms with Gasteiger partial charge in [-0.1, -0.05) is 12.1 Å². The van der Waals surface area contributed by atoms with Gasteiger partial charge in [0, 0.05) is 12.6 Å². The summed E-state index contributed by atoms with van der Waals surface area (Å²) in [4.78, 5) is 24.3. The van der Waals surface area contributed by atoms with E-state index < -0.39 is 0 Å². The number of ether oxygens (including phenoxy) is 1. The van der Waals surface area contributed by atoms with Crippen LogP contribution in [0.2, 0.25) is 0 Å². The maximum atomic E-state index is 13.1. The van der Waals surface area contributed by atoms with Crippen LogP contribution in [-0.4, -0.2) is 17.6 Å². The zero-order chi connectivity index (χ0) is 21.7. The van der Waals surface area contributed by atoms with E-state index in [1.165, 1.54) is 11.5 Å². The molecule has 1 N–H and O–H groups in total. The molecule has 7 nitrogen and oxygen atoms in total. The molecule has 8 heteroatoms. The third-order valence-electron chi connectivity index (χ3n) is 4.12. The van der Waals surface area contributed by atoms with Gasteiger partial charge in [-0.3, -0.25) is 14.2 Å². The summed E-state index contributed by atoms with van der Waals surface area (Å²) in [5.41, 5.74) is 1.43. The van der Waals surface area contributed by atoms with Gasteiger partial charge in [0.05, 0.1) is 17.3 Å². The van der Waals surface area contributed by atoms with E-state index in [2.05, 4.69) is 5.32 Å². The highest BCUT2D eigenvalue weighted by Crippen LogP contribution is 2.13. The number of carbonyl (C=O) groups is 1. The Morgan fingerprint density at radius 2 is 1.73 bits per heavy atom. The van der Waals surface area contributed by atoms with Crippen LogP contribution in [0.25, 0.3) is 17.3 Å². The minimum Gasteiger partial charge on any atom is -0.497 e. The van der Waals surface area contributed by atoms with Crippen molar-refractivity contribution in [1.29, 1.82) is 10.5 Å². The number of hydrogen-bond donors (Lipinski definition) is 1. The van der Waals surface area contributed by atoms with Crippen LogP contribution in [0, 0.1) is 22.7 Å². The molecule has 0 bridgehead atoms. The molecule has 0 atom stereocenters. The fourth-order valence-corrected chi connectivity index (χ4v) is 3.81. The van der Waals surface area contributed by atoms with Gasteiger partial charge in [0.15, 0.2) is 5.57 Å². The molecule has 3 aromatic rings. The molecule has 30 heavy (non-hydrogen) atoms. The van der Waals surface area contributed by atoms with Crippen LogP contribution in [0.1, 0.15) is 12.5 Å². The Morgan fingerprint density at radius 1 is 1.10 bits per heavy atom. The van der Waals surface area contributed by atoms with Crippen LogP contribution in [0.3, 0.4) is 0 Å². The van der Waals surface area contributed by atoms with Gasteiger partial charge >= 0.3 is 0 Å². The third-order valence-corrected chi connectivity index (χ3v) is 5.21. The van der Waals surface area contributed by atoms with E-state index in [4.69, 9.17) is 4.74 Å². The van der Waals surface area contributed by atoms with Crippen LogP contribution >= 0.6 is 11.3 Å². The molecule has 0 saturated heterocycles. The SMILES string of the molecule is COc1ccc(-n2c(=C(C#N)C#N)s/c(=C/c3ccc(NC(C)=O)cc3)c2=O)cc1. The van der Waals surface area contributed by atoms with Crippen LogP contribution < -0.4 is 24.8 Å². The van der Waals surface area contributed by atoms with E-state index in [-0.39, 0.29) is 21.7 Å². The lowest BCUT2D eigenvalue weighted by molar-refractivity contribution is -0.114. The molecule has 0 spiro atoms. The van der Waals surface area contributed by atoms with Gasteiger partial charge in [-0.05, 0) is 48.0 Å². The highest BCUT2D eigenvalue weighted by atomic mass is 32.1. The maximum absolute atomic E-state index is 13.1. The number of nitriles is 2. The van der Waals surface area contributed by atoms with Gasteiger partial charge in [-0.25, -0.2) is 0 Å². The maximum Gasteiger partial charge on any atom is 0.273 e. The Bertz CT molecular complexity index is 1340. The Morgan fingerprint density at radius 3 is 2.27 bits per heavy atom. The summed E-state index contributed by atoms with van der Waals surface area (Å²) in [5.74, 6) is 0.451. The highest BCUT2D eigenvalue weighted by Gasteiger charge is 2.11.